The number of aliphatic hydroxyl groups is 1. The molecule has 0 radical (unpaired) electrons. The maximum absolute atomic E-state index is 8.97. The van der Waals surface area contributed by atoms with Gasteiger partial charge in [-0.3, -0.25) is 0 Å². The molecule has 3 aromatic rings. The molecule has 0 aliphatic rings. The van der Waals surface area contributed by atoms with Gasteiger partial charge in [0.1, 0.15) is 0 Å². The molecule has 2 aromatic carbocycles. The normalized spacial score (nSPS) is 10.9. The summed E-state index contributed by atoms with van der Waals surface area (Å²) in [5, 5.41) is 17.0. The SMILES string of the molecule is Cc1ccccc1-c1nn(-c2ccccc2)cc1CNCCO. The van der Waals surface area contributed by atoms with Crippen LogP contribution in [-0.2, 0) is 6.54 Å². The third kappa shape index (κ3) is 3.50. The second-order valence-electron chi connectivity index (χ2n) is 5.50. The van der Waals surface area contributed by atoms with E-state index >= 15 is 0 Å². The summed E-state index contributed by atoms with van der Waals surface area (Å²) in [5.41, 5.74) is 5.49. The Hall–Kier alpha value is -2.43. The quantitative estimate of drug-likeness (QED) is 0.688. The summed E-state index contributed by atoms with van der Waals surface area (Å²) < 4.78 is 1.91. The molecule has 0 saturated heterocycles. The average molecular weight is 307 g/mol. The van der Waals surface area contributed by atoms with Crippen molar-refractivity contribution in [3.8, 4) is 16.9 Å². The summed E-state index contributed by atoms with van der Waals surface area (Å²) in [5.74, 6) is 0. The Balaban J connectivity index is 2.02. The van der Waals surface area contributed by atoms with Crippen LogP contribution in [0.4, 0.5) is 0 Å². The summed E-state index contributed by atoms with van der Waals surface area (Å²) in [6.07, 6.45) is 2.06. The first-order valence-corrected chi connectivity index (χ1v) is 7.81. The van der Waals surface area contributed by atoms with Crippen LogP contribution in [0.2, 0.25) is 0 Å². The van der Waals surface area contributed by atoms with E-state index in [-0.39, 0.29) is 6.61 Å². The van der Waals surface area contributed by atoms with Crippen LogP contribution in [0.1, 0.15) is 11.1 Å². The number of rotatable bonds is 6. The fourth-order valence-corrected chi connectivity index (χ4v) is 2.62. The van der Waals surface area contributed by atoms with Gasteiger partial charge in [-0.05, 0) is 24.6 Å². The minimum Gasteiger partial charge on any atom is -0.395 e. The van der Waals surface area contributed by atoms with Crippen molar-refractivity contribution in [3.05, 3.63) is 71.9 Å². The minimum absolute atomic E-state index is 0.131. The molecule has 2 N–H and O–H groups in total. The van der Waals surface area contributed by atoms with Crippen molar-refractivity contribution < 1.29 is 5.11 Å². The number of hydrogen-bond donors (Lipinski definition) is 2. The van der Waals surface area contributed by atoms with Gasteiger partial charge in [0.25, 0.3) is 0 Å². The lowest BCUT2D eigenvalue weighted by Crippen LogP contribution is -2.17. The smallest absolute Gasteiger partial charge is 0.0975 e. The molecule has 0 aliphatic carbocycles. The van der Waals surface area contributed by atoms with E-state index in [9.17, 15) is 0 Å². The highest BCUT2D eigenvalue weighted by Gasteiger charge is 2.13. The van der Waals surface area contributed by atoms with Gasteiger partial charge in [-0.25, -0.2) is 4.68 Å². The van der Waals surface area contributed by atoms with Crippen LogP contribution < -0.4 is 5.32 Å². The molecule has 4 heteroatoms. The van der Waals surface area contributed by atoms with Crippen LogP contribution in [0.25, 0.3) is 16.9 Å². The van der Waals surface area contributed by atoms with E-state index in [0.29, 0.717) is 13.1 Å². The van der Waals surface area contributed by atoms with Gasteiger partial charge in [0, 0.05) is 30.4 Å². The Morgan fingerprint density at radius 3 is 2.52 bits per heavy atom. The van der Waals surface area contributed by atoms with E-state index in [1.165, 1.54) is 5.56 Å². The lowest BCUT2D eigenvalue weighted by Gasteiger charge is -2.06. The van der Waals surface area contributed by atoms with Crippen molar-refractivity contribution in [3.63, 3.8) is 0 Å². The number of benzene rings is 2. The first kappa shape index (κ1) is 15.5. The van der Waals surface area contributed by atoms with Gasteiger partial charge >= 0.3 is 0 Å². The first-order chi connectivity index (χ1) is 11.3. The number of hydrogen-bond acceptors (Lipinski definition) is 3. The van der Waals surface area contributed by atoms with Crippen molar-refractivity contribution in [2.75, 3.05) is 13.2 Å². The van der Waals surface area contributed by atoms with Crippen molar-refractivity contribution in [2.24, 2.45) is 0 Å². The average Bonchev–Trinajstić information content (AvgIpc) is 3.00. The van der Waals surface area contributed by atoms with Gasteiger partial charge in [0.2, 0.25) is 0 Å². The van der Waals surface area contributed by atoms with Crippen LogP contribution in [-0.4, -0.2) is 28.0 Å². The van der Waals surface area contributed by atoms with Crippen LogP contribution in [0.5, 0.6) is 0 Å². The molecule has 0 atom stereocenters. The molecule has 0 aliphatic heterocycles. The third-order valence-electron chi connectivity index (χ3n) is 3.81. The maximum atomic E-state index is 8.97. The number of aliphatic hydroxyl groups excluding tert-OH is 1. The fraction of sp³-hybridized carbons (Fsp3) is 0.211. The molecular formula is C19H21N3O. The highest BCUT2D eigenvalue weighted by Crippen LogP contribution is 2.26. The Morgan fingerprint density at radius 1 is 1.04 bits per heavy atom. The Kier molecular flexibility index (Phi) is 4.86. The molecule has 0 saturated carbocycles. The minimum atomic E-state index is 0.131. The maximum Gasteiger partial charge on any atom is 0.0975 e. The largest absolute Gasteiger partial charge is 0.395 e. The highest BCUT2D eigenvalue weighted by molar-refractivity contribution is 5.66. The van der Waals surface area contributed by atoms with Gasteiger partial charge in [-0.2, -0.15) is 5.10 Å². The van der Waals surface area contributed by atoms with E-state index in [0.717, 1.165) is 22.5 Å². The van der Waals surface area contributed by atoms with Gasteiger partial charge in [0.05, 0.1) is 18.0 Å². The summed E-state index contributed by atoms with van der Waals surface area (Å²) in [7, 11) is 0. The second kappa shape index (κ2) is 7.22. The van der Waals surface area contributed by atoms with Crippen LogP contribution in [0.3, 0.4) is 0 Å². The Labute approximate surface area is 136 Å². The van der Waals surface area contributed by atoms with Crippen molar-refractivity contribution in [2.45, 2.75) is 13.5 Å². The molecule has 118 valence electrons. The number of para-hydroxylation sites is 1. The van der Waals surface area contributed by atoms with Crippen LogP contribution in [0, 0.1) is 6.92 Å². The molecule has 1 aromatic heterocycles. The Bertz CT molecular complexity index is 765. The summed E-state index contributed by atoms with van der Waals surface area (Å²) in [4.78, 5) is 0. The topological polar surface area (TPSA) is 50.1 Å². The second-order valence-corrected chi connectivity index (χ2v) is 5.50. The molecule has 3 rings (SSSR count). The molecule has 4 nitrogen and oxygen atoms in total. The zero-order valence-electron chi connectivity index (χ0n) is 13.2. The van der Waals surface area contributed by atoms with Crippen LogP contribution in [0.15, 0.2) is 60.8 Å². The number of nitrogens with zero attached hydrogens (tertiary/aromatic N) is 2. The fourth-order valence-electron chi connectivity index (χ4n) is 2.62. The van der Waals surface area contributed by atoms with Crippen molar-refractivity contribution in [1.82, 2.24) is 15.1 Å². The number of nitrogens with one attached hydrogen (secondary N) is 1. The zero-order valence-corrected chi connectivity index (χ0v) is 13.2. The van der Waals surface area contributed by atoms with E-state index in [4.69, 9.17) is 10.2 Å². The number of aromatic nitrogens is 2. The lowest BCUT2D eigenvalue weighted by molar-refractivity contribution is 0.292. The van der Waals surface area contributed by atoms with Gasteiger partial charge in [-0.1, -0.05) is 42.5 Å². The van der Waals surface area contributed by atoms with E-state index in [1.54, 1.807) is 0 Å². The van der Waals surface area contributed by atoms with E-state index in [2.05, 4.69) is 30.6 Å². The van der Waals surface area contributed by atoms with Gasteiger partial charge < -0.3 is 10.4 Å². The molecule has 1 heterocycles. The van der Waals surface area contributed by atoms with Gasteiger partial charge in [-0.15, -0.1) is 0 Å². The van der Waals surface area contributed by atoms with Crippen molar-refractivity contribution >= 4 is 0 Å². The molecule has 0 bridgehead atoms. The third-order valence-corrected chi connectivity index (χ3v) is 3.81. The molecule has 23 heavy (non-hydrogen) atoms. The predicted octanol–water partition coefficient (Wildman–Crippen LogP) is 2.93. The first-order valence-electron chi connectivity index (χ1n) is 7.81. The standard InChI is InChI=1S/C19H21N3O/c1-15-7-5-6-10-18(15)19-16(13-20-11-12-23)14-22(21-19)17-8-3-2-4-9-17/h2-10,14,20,23H,11-13H2,1H3. The highest BCUT2D eigenvalue weighted by atomic mass is 16.3. The molecule has 0 fully saturated rings. The summed E-state index contributed by atoms with van der Waals surface area (Å²) in [6, 6.07) is 18.4. The lowest BCUT2D eigenvalue weighted by atomic mass is 10.0. The Morgan fingerprint density at radius 2 is 1.78 bits per heavy atom. The summed E-state index contributed by atoms with van der Waals surface area (Å²) >= 11 is 0. The predicted molar refractivity (Wildman–Crippen MR) is 92.5 cm³/mol. The molecular weight excluding hydrogens is 286 g/mol. The zero-order chi connectivity index (χ0) is 16.1. The monoisotopic (exact) mass is 307 g/mol. The molecule has 0 amide bonds. The summed E-state index contributed by atoms with van der Waals surface area (Å²) in [6.45, 7) is 3.48. The van der Waals surface area contributed by atoms with E-state index < -0.39 is 0 Å². The van der Waals surface area contributed by atoms with E-state index in [1.807, 2.05) is 47.1 Å². The number of aryl methyl sites for hydroxylation is 1. The van der Waals surface area contributed by atoms with Crippen LogP contribution >= 0.6 is 0 Å². The molecule has 0 spiro atoms. The molecule has 0 unspecified atom stereocenters. The van der Waals surface area contributed by atoms with Crippen molar-refractivity contribution in [1.29, 1.82) is 0 Å². The van der Waals surface area contributed by atoms with Gasteiger partial charge in [0.15, 0.2) is 0 Å².